The van der Waals surface area contributed by atoms with Crippen LogP contribution in [0.15, 0.2) is 36.4 Å². The number of methoxy groups -OCH3 is 3. The topological polar surface area (TPSA) is 152 Å². The van der Waals surface area contributed by atoms with Crippen molar-refractivity contribution in [2.45, 2.75) is 13.1 Å². The van der Waals surface area contributed by atoms with E-state index < -0.39 is 11.9 Å². The summed E-state index contributed by atoms with van der Waals surface area (Å²) in [5.41, 5.74) is 1.91. The maximum atomic E-state index is 11.5. The molecule has 1 fully saturated rings. The smallest absolute Gasteiger partial charge is 0.414 e. The van der Waals surface area contributed by atoms with E-state index in [1.165, 1.54) is 25.8 Å². The van der Waals surface area contributed by atoms with Gasteiger partial charge in [0.1, 0.15) is 5.75 Å². The van der Waals surface area contributed by atoms with Crippen LogP contribution in [0.25, 0.3) is 0 Å². The fourth-order valence-electron chi connectivity index (χ4n) is 3.58. The molecular weight excluding hydrogens is 462 g/mol. The summed E-state index contributed by atoms with van der Waals surface area (Å²) in [4.78, 5) is 34.0. The monoisotopic (exact) mass is 491 g/mol. The van der Waals surface area contributed by atoms with Gasteiger partial charge in [0.15, 0.2) is 11.5 Å². The molecule has 1 aliphatic rings. The summed E-state index contributed by atoms with van der Waals surface area (Å²) in [5, 5.41) is 26.3. The number of rotatable bonds is 8. The Kier molecular flexibility index (Phi) is 10.2. The Labute approximate surface area is 202 Å². The highest BCUT2D eigenvalue weighted by molar-refractivity contribution is 6.27. The van der Waals surface area contributed by atoms with Gasteiger partial charge in [-0.3, -0.25) is 19.9 Å². The Morgan fingerprint density at radius 1 is 0.886 bits per heavy atom. The van der Waals surface area contributed by atoms with Crippen LogP contribution in [0.5, 0.6) is 17.2 Å². The van der Waals surface area contributed by atoms with E-state index in [9.17, 15) is 10.1 Å². The molecule has 1 saturated heterocycles. The molecule has 2 aromatic carbocycles. The van der Waals surface area contributed by atoms with Gasteiger partial charge in [-0.1, -0.05) is 12.1 Å². The molecule has 1 aliphatic heterocycles. The summed E-state index contributed by atoms with van der Waals surface area (Å²) in [6.45, 7) is 4.85. The number of ether oxygens (including phenoxy) is 3. The first kappa shape index (κ1) is 27.3. The number of hydrogen-bond donors (Lipinski definition) is 2. The maximum Gasteiger partial charge on any atom is 0.414 e. The number of piperazine rings is 1. The molecule has 0 unspecified atom stereocenters. The standard InChI is InChI=1S/C21H27N3O5.C2H2O4/c1-27-18-6-4-5-16(11-18)14-22-7-9-23(10-8-22)15-17-12-20(28-2)21(29-3)13-19(17)24(25)26;3-1(4)2(5)6/h4-6,11-13H,7-10,14-15H2,1-3H3;(H,3,4)(H,5,6). The maximum absolute atomic E-state index is 11.5. The highest BCUT2D eigenvalue weighted by Crippen LogP contribution is 2.35. The van der Waals surface area contributed by atoms with Crippen LogP contribution in [-0.4, -0.2) is 84.4 Å². The Morgan fingerprint density at radius 3 is 1.91 bits per heavy atom. The number of benzene rings is 2. The Balaban J connectivity index is 0.000000641. The summed E-state index contributed by atoms with van der Waals surface area (Å²) < 4.78 is 15.8. The Hall–Kier alpha value is -3.90. The molecule has 0 amide bonds. The summed E-state index contributed by atoms with van der Waals surface area (Å²) in [6.07, 6.45) is 0. The largest absolute Gasteiger partial charge is 0.497 e. The van der Waals surface area contributed by atoms with E-state index >= 15 is 0 Å². The van der Waals surface area contributed by atoms with Crippen molar-refractivity contribution in [1.29, 1.82) is 0 Å². The molecule has 0 aliphatic carbocycles. The molecule has 3 rings (SSSR count). The SMILES string of the molecule is COc1cccc(CN2CCN(Cc3cc(OC)c(OC)cc3[N+](=O)[O-])CC2)c1.O=C(O)C(=O)O. The number of aliphatic carboxylic acids is 2. The second kappa shape index (κ2) is 13.1. The lowest BCUT2D eigenvalue weighted by Gasteiger charge is -2.34. The van der Waals surface area contributed by atoms with Crippen molar-refractivity contribution in [3.8, 4) is 17.2 Å². The van der Waals surface area contributed by atoms with Gasteiger partial charge in [-0.2, -0.15) is 0 Å². The van der Waals surface area contributed by atoms with Crippen LogP contribution in [0.2, 0.25) is 0 Å². The van der Waals surface area contributed by atoms with Gasteiger partial charge in [0.05, 0.1) is 32.3 Å². The van der Waals surface area contributed by atoms with Crippen LogP contribution in [0.3, 0.4) is 0 Å². The van der Waals surface area contributed by atoms with Crippen LogP contribution >= 0.6 is 0 Å². The molecular formula is C23H29N3O9. The van der Waals surface area contributed by atoms with E-state index in [2.05, 4.69) is 21.9 Å². The average molecular weight is 491 g/mol. The van der Waals surface area contributed by atoms with E-state index in [1.54, 1.807) is 13.2 Å². The van der Waals surface area contributed by atoms with E-state index in [-0.39, 0.29) is 10.6 Å². The number of carboxylic acid groups (broad SMARTS) is 2. The lowest BCUT2D eigenvalue weighted by atomic mass is 10.1. The molecule has 2 N–H and O–H groups in total. The van der Waals surface area contributed by atoms with Crippen molar-refractivity contribution in [3.63, 3.8) is 0 Å². The van der Waals surface area contributed by atoms with Crippen LogP contribution in [0.4, 0.5) is 5.69 Å². The minimum atomic E-state index is -1.82. The highest BCUT2D eigenvalue weighted by atomic mass is 16.6. The predicted octanol–water partition coefficient (Wildman–Crippen LogP) is 2.09. The zero-order chi connectivity index (χ0) is 26.0. The average Bonchev–Trinajstić information content (AvgIpc) is 2.85. The molecule has 35 heavy (non-hydrogen) atoms. The third-order valence-electron chi connectivity index (χ3n) is 5.36. The molecule has 12 heteroatoms. The van der Waals surface area contributed by atoms with Gasteiger partial charge in [-0.05, 0) is 23.8 Å². The summed E-state index contributed by atoms with van der Waals surface area (Å²) in [7, 11) is 4.68. The third-order valence-corrected chi connectivity index (χ3v) is 5.36. The molecule has 0 aromatic heterocycles. The van der Waals surface area contributed by atoms with Gasteiger partial charge >= 0.3 is 11.9 Å². The van der Waals surface area contributed by atoms with Gasteiger partial charge in [0.25, 0.3) is 5.69 Å². The zero-order valence-electron chi connectivity index (χ0n) is 19.8. The summed E-state index contributed by atoms with van der Waals surface area (Å²) in [6, 6.07) is 11.2. The second-order valence-electron chi connectivity index (χ2n) is 7.61. The number of nitrogens with zero attached hydrogens (tertiary/aromatic N) is 3. The van der Waals surface area contributed by atoms with E-state index in [4.69, 9.17) is 34.0 Å². The fourth-order valence-corrected chi connectivity index (χ4v) is 3.58. The quantitative estimate of drug-likeness (QED) is 0.317. The van der Waals surface area contributed by atoms with Crippen molar-refractivity contribution in [2.24, 2.45) is 0 Å². The van der Waals surface area contributed by atoms with E-state index in [0.717, 1.165) is 38.5 Å². The Bertz CT molecular complexity index is 1020. The van der Waals surface area contributed by atoms with Crippen molar-refractivity contribution in [2.75, 3.05) is 47.5 Å². The summed E-state index contributed by atoms with van der Waals surface area (Å²) >= 11 is 0. The van der Waals surface area contributed by atoms with Crippen LogP contribution in [0.1, 0.15) is 11.1 Å². The predicted molar refractivity (Wildman–Crippen MR) is 125 cm³/mol. The van der Waals surface area contributed by atoms with E-state index in [1.807, 2.05) is 12.1 Å². The fraction of sp³-hybridized carbons (Fsp3) is 0.391. The van der Waals surface area contributed by atoms with Gasteiger partial charge in [-0.15, -0.1) is 0 Å². The first-order chi connectivity index (χ1) is 16.7. The van der Waals surface area contributed by atoms with Crippen molar-refractivity contribution >= 4 is 17.6 Å². The second-order valence-corrected chi connectivity index (χ2v) is 7.61. The molecule has 0 atom stereocenters. The third kappa shape index (κ3) is 8.12. The molecule has 1 heterocycles. The van der Waals surface area contributed by atoms with Crippen LogP contribution in [-0.2, 0) is 22.7 Å². The van der Waals surface area contributed by atoms with Gasteiger partial charge < -0.3 is 24.4 Å². The first-order valence-corrected chi connectivity index (χ1v) is 10.6. The number of nitro benzene ring substituents is 1. The van der Waals surface area contributed by atoms with Gasteiger partial charge in [0, 0.05) is 44.8 Å². The molecule has 0 spiro atoms. The molecule has 0 radical (unpaired) electrons. The van der Waals surface area contributed by atoms with Crippen LogP contribution in [0, 0.1) is 10.1 Å². The number of carbonyl (C=O) groups is 2. The minimum Gasteiger partial charge on any atom is -0.497 e. The highest BCUT2D eigenvalue weighted by Gasteiger charge is 2.23. The minimum absolute atomic E-state index is 0.0569. The molecule has 0 bridgehead atoms. The number of nitro groups is 1. The van der Waals surface area contributed by atoms with Gasteiger partial charge in [-0.25, -0.2) is 9.59 Å². The zero-order valence-corrected chi connectivity index (χ0v) is 19.8. The molecule has 12 nitrogen and oxygen atoms in total. The molecule has 0 saturated carbocycles. The van der Waals surface area contributed by atoms with Crippen molar-refractivity contribution in [1.82, 2.24) is 9.80 Å². The molecule has 190 valence electrons. The normalized spacial score (nSPS) is 13.8. The number of hydrogen-bond acceptors (Lipinski definition) is 9. The lowest BCUT2D eigenvalue weighted by Crippen LogP contribution is -2.45. The lowest BCUT2D eigenvalue weighted by molar-refractivity contribution is -0.385. The first-order valence-electron chi connectivity index (χ1n) is 10.6. The molecule has 2 aromatic rings. The van der Waals surface area contributed by atoms with Crippen molar-refractivity contribution in [3.05, 3.63) is 57.6 Å². The Morgan fingerprint density at radius 2 is 1.43 bits per heavy atom. The van der Waals surface area contributed by atoms with Crippen LogP contribution < -0.4 is 14.2 Å². The van der Waals surface area contributed by atoms with Crippen molar-refractivity contribution < 1.29 is 38.9 Å². The number of carboxylic acids is 2. The van der Waals surface area contributed by atoms with E-state index in [0.29, 0.717) is 23.6 Å². The van der Waals surface area contributed by atoms with Gasteiger partial charge in [0.2, 0.25) is 0 Å². The summed E-state index contributed by atoms with van der Waals surface area (Å²) in [5.74, 6) is -1.91.